The molecule has 0 saturated carbocycles. The van der Waals surface area contributed by atoms with Crippen LogP contribution in [0.15, 0.2) is 59.2 Å². The minimum absolute atomic E-state index is 0.195. The maximum atomic E-state index is 13.1. The smallest absolute Gasteiger partial charge is 0.272 e. The molecule has 2 aromatic heterocycles. The Hall–Kier alpha value is -3.67. The van der Waals surface area contributed by atoms with E-state index >= 15 is 0 Å². The van der Waals surface area contributed by atoms with Gasteiger partial charge in [-0.2, -0.15) is 0 Å². The van der Waals surface area contributed by atoms with Crippen molar-refractivity contribution in [2.24, 2.45) is 0 Å². The van der Waals surface area contributed by atoms with Crippen LogP contribution in [-0.4, -0.2) is 24.7 Å². The number of fused-ring (bicyclic) bond motifs is 1. The summed E-state index contributed by atoms with van der Waals surface area (Å²) in [7, 11) is 3.23. The van der Waals surface area contributed by atoms with E-state index in [1.165, 1.54) is 5.56 Å². The molecule has 1 N–H and O–H groups in total. The number of rotatable bonds is 6. The van der Waals surface area contributed by atoms with Crippen LogP contribution in [0.3, 0.4) is 0 Å². The lowest BCUT2D eigenvalue weighted by atomic mass is 10.1. The summed E-state index contributed by atoms with van der Waals surface area (Å²) >= 11 is 0. The highest BCUT2D eigenvalue weighted by atomic mass is 16.5. The van der Waals surface area contributed by atoms with Gasteiger partial charge in [-0.1, -0.05) is 6.07 Å². The number of anilines is 1. The Morgan fingerprint density at radius 2 is 1.70 bits per heavy atom. The van der Waals surface area contributed by atoms with Gasteiger partial charge in [-0.15, -0.1) is 0 Å². The van der Waals surface area contributed by atoms with Crippen LogP contribution in [0.25, 0.3) is 11.1 Å². The van der Waals surface area contributed by atoms with Gasteiger partial charge < -0.3 is 23.8 Å². The van der Waals surface area contributed by atoms with E-state index in [-0.39, 0.29) is 5.91 Å². The molecule has 154 valence electrons. The number of furan rings is 1. The minimum Gasteiger partial charge on any atom is -0.497 e. The maximum absolute atomic E-state index is 13.1. The summed E-state index contributed by atoms with van der Waals surface area (Å²) in [5.41, 5.74) is 6.04. The van der Waals surface area contributed by atoms with Crippen LogP contribution in [0.1, 0.15) is 27.2 Å². The third-order valence-corrected chi connectivity index (χ3v) is 5.27. The van der Waals surface area contributed by atoms with Gasteiger partial charge in [-0.3, -0.25) is 4.79 Å². The highest BCUT2D eigenvalue weighted by Crippen LogP contribution is 2.27. The Labute approximate surface area is 175 Å². The molecule has 2 heterocycles. The van der Waals surface area contributed by atoms with Gasteiger partial charge in [0.25, 0.3) is 5.91 Å². The summed E-state index contributed by atoms with van der Waals surface area (Å²) in [5.74, 6) is 1.20. The number of carbonyl (C=O) groups excluding carboxylic acids is 1. The Morgan fingerprint density at radius 3 is 2.37 bits per heavy atom. The van der Waals surface area contributed by atoms with E-state index in [9.17, 15) is 4.79 Å². The molecule has 2 aromatic carbocycles. The molecule has 6 heteroatoms. The van der Waals surface area contributed by atoms with Crippen LogP contribution >= 0.6 is 0 Å². The first-order valence-electron chi connectivity index (χ1n) is 9.66. The molecule has 0 aliphatic heterocycles. The van der Waals surface area contributed by atoms with Crippen molar-refractivity contribution < 1.29 is 18.7 Å². The molecule has 0 bridgehead atoms. The quantitative estimate of drug-likeness (QED) is 0.482. The van der Waals surface area contributed by atoms with Gasteiger partial charge in [-0.05, 0) is 54.8 Å². The average molecular weight is 404 g/mol. The monoisotopic (exact) mass is 404 g/mol. The van der Waals surface area contributed by atoms with Gasteiger partial charge in [-0.25, -0.2) is 0 Å². The Morgan fingerprint density at radius 1 is 0.967 bits per heavy atom. The number of benzene rings is 2. The van der Waals surface area contributed by atoms with Crippen LogP contribution < -0.4 is 14.8 Å². The van der Waals surface area contributed by atoms with Crippen LogP contribution in [-0.2, 0) is 6.54 Å². The number of hydrogen-bond donors (Lipinski definition) is 1. The largest absolute Gasteiger partial charge is 0.497 e. The summed E-state index contributed by atoms with van der Waals surface area (Å²) in [6.07, 6.45) is 1.62. The number of methoxy groups -OCH3 is 2. The summed E-state index contributed by atoms with van der Waals surface area (Å²) in [6, 6.07) is 15.2. The molecule has 6 nitrogen and oxygen atoms in total. The molecule has 30 heavy (non-hydrogen) atoms. The van der Waals surface area contributed by atoms with Crippen molar-refractivity contribution in [2.75, 3.05) is 19.5 Å². The standard InChI is InChI=1S/C24H24N2O4/c1-15-5-6-18(9-16(15)2)25-24(27)22-13-23-21(7-8-30-23)26(22)14-17-10-19(28-3)12-20(11-17)29-4/h5-13H,14H2,1-4H3,(H,25,27). The van der Waals surface area contributed by atoms with E-state index in [4.69, 9.17) is 13.9 Å². The van der Waals surface area contributed by atoms with Crippen molar-refractivity contribution in [3.05, 3.63) is 77.2 Å². The molecule has 0 fully saturated rings. The average Bonchev–Trinajstić information content (AvgIpc) is 3.33. The van der Waals surface area contributed by atoms with Crippen LogP contribution in [0, 0.1) is 13.8 Å². The predicted molar refractivity (Wildman–Crippen MR) is 117 cm³/mol. The molecule has 1 amide bonds. The second-order valence-corrected chi connectivity index (χ2v) is 7.26. The number of hydrogen-bond acceptors (Lipinski definition) is 4. The topological polar surface area (TPSA) is 65.6 Å². The van der Waals surface area contributed by atoms with Crippen molar-refractivity contribution in [1.29, 1.82) is 0 Å². The van der Waals surface area contributed by atoms with Gasteiger partial charge in [0.2, 0.25) is 0 Å². The number of aryl methyl sites for hydroxylation is 2. The van der Waals surface area contributed by atoms with E-state index in [0.717, 1.165) is 22.3 Å². The molecular weight excluding hydrogens is 380 g/mol. The summed E-state index contributed by atoms with van der Waals surface area (Å²) in [5, 5.41) is 3.00. The summed E-state index contributed by atoms with van der Waals surface area (Å²) in [6.45, 7) is 4.53. The fourth-order valence-electron chi connectivity index (χ4n) is 3.49. The fourth-order valence-corrected chi connectivity index (χ4v) is 3.49. The highest BCUT2D eigenvalue weighted by molar-refractivity contribution is 6.06. The van der Waals surface area contributed by atoms with Crippen molar-refractivity contribution in [1.82, 2.24) is 4.57 Å². The van der Waals surface area contributed by atoms with Crippen molar-refractivity contribution in [3.8, 4) is 11.5 Å². The third kappa shape index (κ3) is 3.76. The van der Waals surface area contributed by atoms with E-state index in [0.29, 0.717) is 29.3 Å². The minimum atomic E-state index is -0.195. The lowest BCUT2D eigenvalue weighted by Crippen LogP contribution is -2.17. The number of ether oxygens (including phenoxy) is 2. The molecule has 0 aliphatic rings. The van der Waals surface area contributed by atoms with E-state index < -0.39 is 0 Å². The van der Waals surface area contributed by atoms with E-state index in [1.807, 2.05) is 60.9 Å². The van der Waals surface area contributed by atoms with Gasteiger partial charge in [0, 0.05) is 30.4 Å². The van der Waals surface area contributed by atoms with E-state index in [1.54, 1.807) is 26.5 Å². The van der Waals surface area contributed by atoms with Crippen LogP contribution in [0.5, 0.6) is 11.5 Å². The number of nitrogens with zero attached hydrogens (tertiary/aromatic N) is 1. The molecule has 0 aliphatic carbocycles. The number of carbonyl (C=O) groups is 1. The highest BCUT2D eigenvalue weighted by Gasteiger charge is 2.18. The van der Waals surface area contributed by atoms with Crippen molar-refractivity contribution in [3.63, 3.8) is 0 Å². The van der Waals surface area contributed by atoms with Gasteiger partial charge >= 0.3 is 0 Å². The molecular formula is C24H24N2O4. The Bertz CT molecular complexity index is 1200. The zero-order valence-electron chi connectivity index (χ0n) is 17.5. The van der Waals surface area contributed by atoms with Gasteiger partial charge in [0.15, 0.2) is 5.58 Å². The predicted octanol–water partition coefficient (Wildman–Crippen LogP) is 5.17. The second-order valence-electron chi connectivity index (χ2n) is 7.26. The second kappa shape index (κ2) is 7.99. The van der Waals surface area contributed by atoms with Crippen LogP contribution in [0.4, 0.5) is 5.69 Å². The SMILES string of the molecule is COc1cc(Cn2c(C(=O)Nc3ccc(C)c(C)c3)cc3occc32)cc(OC)c1. The molecule has 0 saturated heterocycles. The first kappa shape index (κ1) is 19.6. The molecule has 0 unspecified atom stereocenters. The van der Waals surface area contributed by atoms with Crippen LogP contribution in [0.2, 0.25) is 0 Å². The number of nitrogens with one attached hydrogen (secondary N) is 1. The fraction of sp³-hybridized carbons (Fsp3) is 0.208. The first-order valence-corrected chi connectivity index (χ1v) is 9.66. The Kier molecular flexibility index (Phi) is 5.23. The normalized spacial score (nSPS) is 10.9. The first-order chi connectivity index (χ1) is 14.5. The zero-order valence-corrected chi connectivity index (χ0v) is 17.5. The van der Waals surface area contributed by atoms with E-state index in [2.05, 4.69) is 5.32 Å². The van der Waals surface area contributed by atoms with Gasteiger partial charge in [0.05, 0.1) is 26.0 Å². The summed E-state index contributed by atoms with van der Waals surface area (Å²) < 4.78 is 18.2. The van der Waals surface area contributed by atoms with Crippen molar-refractivity contribution in [2.45, 2.75) is 20.4 Å². The van der Waals surface area contributed by atoms with Crippen molar-refractivity contribution >= 4 is 22.7 Å². The summed E-state index contributed by atoms with van der Waals surface area (Å²) in [4.78, 5) is 13.1. The number of aromatic nitrogens is 1. The lowest BCUT2D eigenvalue weighted by molar-refractivity contribution is 0.101. The Balaban J connectivity index is 1.70. The zero-order chi connectivity index (χ0) is 21.3. The maximum Gasteiger partial charge on any atom is 0.272 e. The lowest BCUT2D eigenvalue weighted by Gasteiger charge is -2.13. The molecule has 0 spiro atoms. The molecule has 4 rings (SSSR count). The molecule has 4 aromatic rings. The molecule has 0 atom stereocenters. The third-order valence-electron chi connectivity index (χ3n) is 5.27. The van der Waals surface area contributed by atoms with Gasteiger partial charge in [0.1, 0.15) is 17.2 Å². The number of amides is 1. The molecule has 0 radical (unpaired) electrons.